The number of nitrogens with one attached hydrogen (secondary N) is 1. The van der Waals surface area contributed by atoms with Gasteiger partial charge in [0, 0.05) is 37.6 Å². The van der Waals surface area contributed by atoms with Crippen LogP contribution in [0.5, 0.6) is 0 Å². The molecular formula is C21H25N5O. The van der Waals surface area contributed by atoms with E-state index in [-0.39, 0.29) is 5.91 Å². The van der Waals surface area contributed by atoms with E-state index in [4.69, 9.17) is 0 Å². The molecule has 0 radical (unpaired) electrons. The Morgan fingerprint density at radius 2 is 1.96 bits per heavy atom. The van der Waals surface area contributed by atoms with Gasteiger partial charge in [-0.15, -0.1) is 0 Å². The van der Waals surface area contributed by atoms with Crippen LogP contribution in [0.25, 0.3) is 5.65 Å². The van der Waals surface area contributed by atoms with Gasteiger partial charge in [0.25, 0.3) is 5.91 Å². The molecule has 2 aromatic heterocycles. The molecule has 4 rings (SSSR count). The zero-order chi connectivity index (χ0) is 19.0. The Morgan fingerprint density at radius 1 is 1.19 bits per heavy atom. The van der Waals surface area contributed by atoms with Gasteiger partial charge in [0.2, 0.25) is 0 Å². The number of aryl methyl sites for hydroxylation is 3. The Labute approximate surface area is 159 Å². The summed E-state index contributed by atoms with van der Waals surface area (Å²) in [4.78, 5) is 19.7. The van der Waals surface area contributed by atoms with Crippen LogP contribution in [0.2, 0.25) is 0 Å². The second-order valence-corrected chi connectivity index (χ2v) is 7.29. The summed E-state index contributed by atoms with van der Waals surface area (Å²) in [7, 11) is 0. The molecule has 0 unspecified atom stereocenters. The van der Waals surface area contributed by atoms with Crippen LogP contribution in [0.3, 0.4) is 0 Å². The summed E-state index contributed by atoms with van der Waals surface area (Å²) < 4.78 is 1.75. The minimum Gasteiger partial charge on any atom is -0.351 e. The lowest BCUT2D eigenvalue weighted by atomic mass is 10.00. The Balaban J connectivity index is 1.42. The van der Waals surface area contributed by atoms with Gasteiger partial charge < -0.3 is 5.32 Å². The Morgan fingerprint density at radius 3 is 2.78 bits per heavy atom. The van der Waals surface area contributed by atoms with Crippen LogP contribution in [0.4, 0.5) is 0 Å². The Kier molecular flexibility index (Phi) is 4.66. The predicted molar refractivity (Wildman–Crippen MR) is 105 cm³/mol. The van der Waals surface area contributed by atoms with Crippen molar-refractivity contribution in [1.29, 1.82) is 0 Å². The average Bonchev–Trinajstić information content (AvgIpc) is 2.98. The molecule has 140 valence electrons. The van der Waals surface area contributed by atoms with E-state index < -0.39 is 0 Å². The van der Waals surface area contributed by atoms with Crippen LogP contribution in [0, 0.1) is 20.8 Å². The van der Waals surface area contributed by atoms with E-state index in [1.807, 2.05) is 26.8 Å². The smallest absolute Gasteiger partial charge is 0.257 e. The normalized spacial score (nSPS) is 14.3. The summed E-state index contributed by atoms with van der Waals surface area (Å²) in [5.74, 6) is -0.0996. The third kappa shape index (κ3) is 3.45. The van der Waals surface area contributed by atoms with Gasteiger partial charge in [-0.05, 0) is 44.4 Å². The van der Waals surface area contributed by atoms with Crippen LogP contribution in [-0.4, -0.2) is 45.0 Å². The van der Waals surface area contributed by atoms with Gasteiger partial charge in [-0.2, -0.15) is 5.10 Å². The van der Waals surface area contributed by atoms with Crippen molar-refractivity contribution in [2.45, 2.75) is 33.7 Å². The lowest BCUT2D eigenvalue weighted by Crippen LogP contribution is -2.38. The number of carbonyl (C=O) groups excluding carboxylic acids is 1. The van der Waals surface area contributed by atoms with Crippen molar-refractivity contribution in [2.24, 2.45) is 0 Å². The van der Waals surface area contributed by atoms with E-state index in [9.17, 15) is 4.79 Å². The fourth-order valence-electron chi connectivity index (χ4n) is 3.85. The average molecular weight is 363 g/mol. The fourth-order valence-corrected chi connectivity index (χ4v) is 3.85. The predicted octanol–water partition coefficient (Wildman–Crippen LogP) is 2.44. The summed E-state index contributed by atoms with van der Waals surface area (Å²) in [5, 5.41) is 7.53. The van der Waals surface area contributed by atoms with Crippen molar-refractivity contribution in [1.82, 2.24) is 24.8 Å². The zero-order valence-electron chi connectivity index (χ0n) is 16.1. The van der Waals surface area contributed by atoms with E-state index in [1.165, 1.54) is 11.1 Å². The first kappa shape index (κ1) is 17.7. The van der Waals surface area contributed by atoms with Gasteiger partial charge >= 0.3 is 0 Å². The zero-order valence-corrected chi connectivity index (χ0v) is 16.1. The highest BCUT2D eigenvalue weighted by atomic mass is 16.1. The van der Waals surface area contributed by atoms with Crippen molar-refractivity contribution in [2.75, 3.05) is 19.6 Å². The van der Waals surface area contributed by atoms with Crippen LogP contribution in [0.1, 0.15) is 38.6 Å². The van der Waals surface area contributed by atoms with E-state index in [0.717, 1.165) is 37.4 Å². The molecule has 1 aromatic carbocycles. The largest absolute Gasteiger partial charge is 0.351 e. The number of fused-ring (bicyclic) bond motifs is 2. The van der Waals surface area contributed by atoms with Gasteiger partial charge in [0.15, 0.2) is 5.65 Å². The second kappa shape index (κ2) is 7.12. The number of aromatic nitrogens is 3. The number of hydrogen-bond donors (Lipinski definition) is 1. The molecule has 1 N–H and O–H groups in total. The molecule has 0 saturated heterocycles. The Bertz CT molecular complexity index is 1010. The highest BCUT2D eigenvalue weighted by Crippen LogP contribution is 2.18. The second-order valence-electron chi connectivity index (χ2n) is 7.29. The molecule has 0 spiro atoms. The molecule has 1 amide bonds. The maximum atomic E-state index is 12.8. The molecule has 1 aliphatic heterocycles. The van der Waals surface area contributed by atoms with E-state index in [1.54, 1.807) is 4.52 Å². The topological polar surface area (TPSA) is 62.5 Å². The van der Waals surface area contributed by atoms with E-state index in [0.29, 0.717) is 23.4 Å². The molecule has 3 heterocycles. The van der Waals surface area contributed by atoms with Gasteiger partial charge in [0.05, 0.1) is 5.69 Å². The van der Waals surface area contributed by atoms with Crippen LogP contribution in [-0.2, 0) is 13.0 Å². The summed E-state index contributed by atoms with van der Waals surface area (Å²) in [5.41, 5.74) is 6.62. The van der Waals surface area contributed by atoms with Crippen molar-refractivity contribution >= 4 is 11.6 Å². The van der Waals surface area contributed by atoms with Crippen LogP contribution in [0.15, 0.2) is 30.3 Å². The number of nitrogens with zero attached hydrogens (tertiary/aromatic N) is 4. The van der Waals surface area contributed by atoms with Crippen molar-refractivity contribution in [3.63, 3.8) is 0 Å². The van der Waals surface area contributed by atoms with Crippen molar-refractivity contribution < 1.29 is 4.79 Å². The third-order valence-electron chi connectivity index (χ3n) is 5.22. The first-order valence-corrected chi connectivity index (χ1v) is 9.44. The third-order valence-corrected chi connectivity index (χ3v) is 5.22. The van der Waals surface area contributed by atoms with Crippen molar-refractivity contribution in [3.05, 3.63) is 64.1 Å². The molecule has 27 heavy (non-hydrogen) atoms. The highest BCUT2D eigenvalue weighted by Gasteiger charge is 2.20. The first-order chi connectivity index (χ1) is 13.0. The van der Waals surface area contributed by atoms with E-state index >= 15 is 0 Å². The summed E-state index contributed by atoms with van der Waals surface area (Å²) in [6.07, 6.45) is 1.07. The molecule has 1 aliphatic rings. The van der Waals surface area contributed by atoms with Crippen LogP contribution < -0.4 is 5.32 Å². The number of benzene rings is 1. The lowest BCUT2D eigenvalue weighted by molar-refractivity contribution is 0.0948. The number of rotatable bonds is 4. The molecule has 0 bridgehead atoms. The van der Waals surface area contributed by atoms with Gasteiger partial charge in [-0.3, -0.25) is 9.69 Å². The summed E-state index contributed by atoms with van der Waals surface area (Å²) >= 11 is 0. The minimum atomic E-state index is -0.0996. The quantitative estimate of drug-likeness (QED) is 0.773. The molecule has 6 heteroatoms. The molecule has 3 aromatic rings. The number of amides is 1. The maximum absolute atomic E-state index is 12.8. The molecule has 0 saturated carbocycles. The minimum absolute atomic E-state index is 0.0996. The molecule has 6 nitrogen and oxygen atoms in total. The van der Waals surface area contributed by atoms with E-state index in [2.05, 4.69) is 44.6 Å². The number of carbonyl (C=O) groups is 1. The SMILES string of the molecule is Cc1cc(C)n2nc(C)c(C(=O)NCCN3CCc4ccccc4C3)c2n1. The van der Waals surface area contributed by atoms with Gasteiger partial charge in [0.1, 0.15) is 5.56 Å². The highest BCUT2D eigenvalue weighted by molar-refractivity contribution is 6.01. The molecule has 0 atom stereocenters. The first-order valence-electron chi connectivity index (χ1n) is 9.44. The lowest BCUT2D eigenvalue weighted by Gasteiger charge is -2.28. The van der Waals surface area contributed by atoms with Gasteiger partial charge in [-0.25, -0.2) is 9.50 Å². The molecular weight excluding hydrogens is 338 g/mol. The summed E-state index contributed by atoms with van der Waals surface area (Å²) in [6.45, 7) is 9.20. The molecule has 0 fully saturated rings. The fraction of sp³-hybridized carbons (Fsp3) is 0.381. The summed E-state index contributed by atoms with van der Waals surface area (Å²) in [6, 6.07) is 10.6. The van der Waals surface area contributed by atoms with Gasteiger partial charge in [-0.1, -0.05) is 24.3 Å². The molecule has 0 aliphatic carbocycles. The Hall–Kier alpha value is -2.73. The monoisotopic (exact) mass is 363 g/mol. The standard InChI is InChI=1S/C21H25N5O/c1-14-12-15(2)26-20(23-14)19(16(3)24-26)21(27)22-9-11-25-10-8-17-6-4-5-7-18(17)13-25/h4-7,12H,8-11,13H2,1-3H3,(H,22,27). The number of hydrogen-bond acceptors (Lipinski definition) is 4. The van der Waals surface area contributed by atoms with Crippen molar-refractivity contribution in [3.8, 4) is 0 Å². The maximum Gasteiger partial charge on any atom is 0.257 e. The van der Waals surface area contributed by atoms with Crippen LogP contribution >= 0.6 is 0 Å².